The van der Waals surface area contributed by atoms with Crippen LogP contribution in [0.5, 0.6) is 5.88 Å². The molecule has 0 amide bonds. The molecular weight excluding hydrogens is 292 g/mol. The first kappa shape index (κ1) is 14.7. The Kier molecular flexibility index (Phi) is 4.30. The van der Waals surface area contributed by atoms with E-state index in [0.717, 1.165) is 32.5 Å². The fraction of sp³-hybridized carbons (Fsp3) is 0.500. The summed E-state index contributed by atoms with van der Waals surface area (Å²) in [5.74, 6) is 1.23. The molecule has 2 fully saturated rings. The van der Waals surface area contributed by atoms with E-state index < -0.39 is 0 Å². The van der Waals surface area contributed by atoms with Crippen LogP contribution >= 0.6 is 0 Å². The number of nitrogens with zero attached hydrogens (tertiary/aromatic N) is 2. The minimum atomic E-state index is 0.327. The molecule has 0 bridgehead atoms. The fourth-order valence-electron chi connectivity index (χ4n) is 3.71. The number of ether oxygens (including phenoxy) is 2. The van der Waals surface area contributed by atoms with Crippen LogP contribution in [-0.2, 0) is 11.3 Å². The summed E-state index contributed by atoms with van der Waals surface area (Å²) >= 11 is 0. The first-order valence-electron chi connectivity index (χ1n) is 8.29. The molecule has 2 aromatic rings. The van der Waals surface area contributed by atoms with Gasteiger partial charge in [0.05, 0.1) is 31.8 Å². The van der Waals surface area contributed by atoms with Crippen molar-refractivity contribution in [2.75, 3.05) is 19.8 Å². The van der Waals surface area contributed by atoms with Gasteiger partial charge in [0.1, 0.15) is 0 Å². The van der Waals surface area contributed by atoms with E-state index in [4.69, 9.17) is 13.9 Å². The number of pyridine rings is 1. The van der Waals surface area contributed by atoms with E-state index in [9.17, 15) is 0 Å². The van der Waals surface area contributed by atoms with Crippen LogP contribution in [-0.4, -0.2) is 41.8 Å². The van der Waals surface area contributed by atoms with Crippen molar-refractivity contribution in [3.8, 4) is 5.88 Å². The molecule has 2 aromatic heterocycles. The maximum Gasteiger partial charge on any atom is 0.213 e. The molecule has 122 valence electrons. The zero-order valence-corrected chi connectivity index (χ0v) is 13.1. The highest BCUT2D eigenvalue weighted by atomic mass is 16.5. The predicted octanol–water partition coefficient (Wildman–Crippen LogP) is 2.73. The Hall–Kier alpha value is -1.85. The molecule has 5 heteroatoms. The van der Waals surface area contributed by atoms with E-state index >= 15 is 0 Å². The Balaban J connectivity index is 1.35. The SMILES string of the molecule is c1ccc(OC[C@@H]2C[C@H]3OCCN(Cc4ccoc4)[C@H]3C2)nc1. The standard InChI is InChI=1S/C18H22N2O3/c1-2-5-19-18(3-1)23-13-15-9-16-17(10-15)22-8-6-20(16)11-14-4-7-21-12-14/h1-5,7,12,15-17H,6,8-11,13H2/t15-,16-,17+/m0/s1. The van der Waals surface area contributed by atoms with E-state index in [0.29, 0.717) is 30.6 Å². The van der Waals surface area contributed by atoms with Crippen LogP contribution in [0.25, 0.3) is 0 Å². The van der Waals surface area contributed by atoms with Gasteiger partial charge in [0.2, 0.25) is 5.88 Å². The molecule has 23 heavy (non-hydrogen) atoms. The van der Waals surface area contributed by atoms with Crippen LogP contribution in [0.3, 0.4) is 0 Å². The van der Waals surface area contributed by atoms with Crippen molar-refractivity contribution in [2.45, 2.75) is 31.5 Å². The second kappa shape index (κ2) is 6.72. The average Bonchev–Trinajstić information content (AvgIpc) is 3.23. The molecule has 0 spiro atoms. The first-order valence-corrected chi connectivity index (χ1v) is 8.29. The van der Waals surface area contributed by atoms with Crippen molar-refractivity contribution in [3.63, 3.8) is 0 Å². The molecule has 0 aromatic carbocycles. The van der Waals surface area contributed by atoms with Gasteiger partial charge in [0.15, 0.2) is 0 Å². The summed E-state index contributed by atoms with van der Waals surface area (Å²) in [5.41, 5.74) is 1.24. The smallest absolute Gasteiger partial charge is 0.213 e. The van der Waals surface area contributed by atoms with Crippen molar-refractivity contribution < 1.29 is 13.9 Å². The second-order valence-corrected chi connectivity index (χ2v) is 6.40. The molecule has 5 nitrogen and oxygen atoms in total. The third kappa shape index (κ3) is 3.41. The Morgan fingerprint density at radius 1 is 1.26 bits per heavy atom. The summed E-state index contributed by atoms with van der Waals surface area (Å²) in [6.45, 7) is 3.45. The number of hydrogen-bond acceptors (Lipinski definition) is 5. The molecular formula is C18H22N2O3. The second-order valence-electron chi connectivity index (χ2n) is 6.40. The maximum absolute atomic E-state index is 6.00. The highest BCUT2D eigenvalue weighted by Gasteiger charge is 2.41. The van der Waals surface area contributed by atoms with Crippen LogP contribution in [0.15, 0.2) is 47.4 Å². The zero-order valence-electron chi connectivity index (χ0n) is 13.1. The van der Waals surface area contributed by atoms with E-state index in [1.807, 2.05) is 30.5 Å². The largest absolute Gasteiger partial charge is 0.477 e. The maximum atomic E-state index is 6.00. The normalized spacial score (nSPS) is 27.7. The Morgan fingerprint density at radius 3 is 3.09 bits per heavy atom. The lowest BCUT2D eigenvalue weighted by Gasteiger charge is -2.37. The highest BCUT2D eigenvalue weighted by Crippen LogP contribution is 2.35. The van der Waals surface area contributed by atoms with Gasteiger partial charge in [-0.05, 0) is 30.9 Å². The lowest BCUT2D eigenvalue weighted by molar-refractivity contribution is -0.0590. The van der Waals surface area contributed by atoms with Gasteiger partial charge in [0.25, 0.3) is 0 Å². The third-order valence-electron chi connectivity index (χ3n) is 4.82. The number of fused-ring (bicyclic) bond motifs is 1. The highest BCUT2D eigenvalue weighted by molar-refractivity contribution is 5.10. The molecule has 1 aliphatic carbocycles. The topological polar surface area (TPSA) is 47.7 Å². The van der Waals surface area contributed by atoms with Gasteiger partial charge in [-0.3, -0.25) is 4.90 Å². The quantitative estimate of drug-likeness (QED) is 0.849. The minimum absolute atomic E-state index is 0.327. The van der Waals surface area contributed by atoms with Gasteiger partial charge in [-0.25, -0.2) is 4.98 Å². The summed E-state index contributed by atoms with van der Waals surface area (Å²) in [5, 5.41) is 0. The van der Waals surface area contributed by atoms with E-state index in [1.54, 1.807) is 12.5 Å². The average molecular weight is 314 g/mol. The molecule has 1 saturated carbocycles. The molecule has 4 rings (SSSR count). The summed E-state index contributed by atoms with van der Waals surface area (Å²) in [7, 11) is 0. The third-order valence-corrected chi connectivity index (χ3v) is 4.82. The Morgan fingerprint density at radius 2 is 2.26 bits per heavy atom. The predicted molar refractivity (Wildman–Crippen MR) is 85.1 cm³/mol. The van der Waals surface area contributed by atoms with Gasteiger partial charge >= 0.3 is 0 Å². The Labute approximate surface area is 136 Å². The van der Waals surface area contributed by atoms with Gasteiger partial charge in [-0.2, -0.15) is 0 Å². The summed E-state index contributed by atoms with van der Waals surface area (Å²) < 4.78 is 17.0. The van der Waals surface area contributed by atoms with Crippen LogP contribution < -0.4 is 4.74 Å². The van der Waals surface area contributed by atoms with E-state index in [-0.39, 0.29) is 0 Å². The molecule has 0 N–H and O–H groups in total. The van der Waals surface area contributed by atoms with E-state index in [1.165, 1.54) is 5.56 Å². The van der Waals surface area contributed by atoms with Crippen LogP contribution in [0, 0.1) is 5.92 Å². The first-order chi connectivity index (χ1) is 11.4. The van der Waals surface area contributed by atoms with Gasteiger partial charge in [-0.1, -0.05) is 6.07 Å². The van der Waals surface area contributed by atoms with Gasteiger partial charge < -0.3 is 13.9 Å². The molecule has 1 saturated heterocycles. The molecule has 3 atom stereocenters. The van der Waals surface area contributed by atoms with E-state index in [2.05, 4.69) is 9.88 Å². The summed E-state index contributed by atoms with van der Waals surface area (Å²) in [6, 6.07) is 8.28. The number of aromatic nitrogens is 1. The molecule has 2 aliphatic rings. The number of hydrogen-bond donors (Lipinski definition) is 0. The van der Waals surface area contributed by atoms with Crippen LogP contribution in [0.4, 0.5) is 0 Å². The lowest BCUT2D eigenvalue weighted by Crippen LogP contribution is -2.47. The number of rotatable bonds is 5. The van der Waals surface area contributed by atoms with Gasteiger partial charge in [-0.15, -0.1) is 0 Å². The van der Waals surface area contributed by atoms with Crippen molar-refractivity contribution in [1.82, 2.24) is 9.88 Å². The number of furan rings is 1. The van der Waals surface area contributed by atoms with Crippen molar-refractivity contribution >= 4 is 0 Å². The minimum Gasteiger partial charge on any atom is -0.477 e. The van der Waals surface area contributed by atoms with Crippen molar-refractivity contribution in [3.05, 3.63) is 48.6 Å². The summed E-state index contributed by atoms with van der Waals surface area (Å²) in [6.07, 6.45) is 7.86. The monoisotopic (exact) mass is 314 g/mol. The lowest BCUT2D eigenvalue weighted by atomic mass is 10.1. The summed E-state index contributed by atoms with van der Waals surface area (Å²) in [4.78, 5) is 6.75. The van der Waals surface area contributed by atoms with Crippen LogP contribution in [0.2, 0.25) is 0 Å². The van der Waals surface area contributed by atoms with Crippen molar-refractivity contribution in [1.29, 1.82) is 0 Å². The number of morpholine rings is 1. The molecule has 3 heterocycles. The fourth-order valence-corrected chi connectivity index (χ4v) is 3.71. The van der Waals surface area contributed by atoms with Crippen LogP contribution in [0.1, 0.15) is 18.4 Å². The van der Waals surface area contributed by atoms with Gasteiger partial charge in [0, 0.05) is 37.0 Å². The molecule has 0 unspecified atom stereocenters. The molecule has 1 aliphatic heterocycles. The zero-order chi connectivity index (χ0) is 15.5. The molecule has 0 radical (unpaired) electrons. The van der Waals surface area contributed by atoms with Crippen molar-refractivity contribution in [2.24, 2.45) is 5.92 Å². The Bertz CT molecular complexity index is 602.